The highest BCUT2D eigenvalue weighted by atomic mass is 32.2. The lowest BCUT2D eigenvalue weighted by Gasteiger charge is -2.35. The first-order valence-corrected chi connectivity index (χ1v) is 11.2. The van der Waals surface area contributed by atoms with Gasteiger partial charge in [0.05, 0.1) is 27.9 Å². The van der Waals surface area contributed by atoms with Crippen molar-refractivity contribution >= 4 is 28.7 Å². The topological polar surface area (TPSA) is 55.4 Å². The Morgan fingerprint density at radius 2 is 1.78 bits per heavy atom. The number of benzene rings is 1. The minimum atomic E-state index is -1.37. The first-order chi connectivity index (χ1) is 12.3. The van der Waals surface area contributed by atoms with E-state index in [1.807, 2.05) is 41.5 Å². The van der Waals surface area contributed by atoms with Crippen molar-refractivity contribution in [1.82, 2.24) is 4.72 Å². The maximum absolute atomic E-state index is 14.5. The molecule has 0 bridgehead atoms. The van der Waals surface area contributed by atoms with Crippen LogP contribution in [0.1, 0.15) is 60.5 Å². The van der Waals surface area contributed by atoms with E-state index in [-0.39, 0.29) is 11.8 Å². The first-order valence-electron chi connectivity index (χ1n) is 9.09. The summed E-state index contributed by atoms with van der Waals surface area (Å²) >= 11 is 1.45. The summed E-state index contributed by atoms with van der Waals surface area (Å²) in [6, 6.07) is 6.53. The fourth-order valence-corrected chi connectivity index (χ4v) is 4.51. The number of thioether (sulfide) groups is 1. The van der Waals surface area contributed by atoms with Gasteiger partial charge >= 0.3 is 5.97 Å². The minimum Gasteiger partial charge on any atom is -0.465 e. The highest BCUT2D eigenvalue weighted by Gasteiger charge is 2.36. The molecule has 0 unspecified atom stereocenters. The SMILES string of the molecule is CCOC(=O)C(C)(C)SCC[C@@](C)(N[S@@](=O)C(C)(C)C)c1ccccc1F. The molecule has 27 heavy (non-hydrogen) atoms. The van der Waals surface area contributed by atoms with Crippen molar-refractivity contribution in [2.45, 2.75) is 69.9 Å². The molecule has 154 valence electrons. The molecule has 1 aromatic rings. The number of halogens is 1. The lowest BCUT2D eigenvalue weighted by molar-refractivity contribution is -0.145. The second-order valence-corrected chi connectivity index (χ2v) is 11.8. The van der Waals surface area contributed by atoms with E-state index in [1.54, 1.807) is 25.1 Å². The summed E-state index contributed by atoms with van der Waals surface area (Å²) in [5.41, 5.74) is -0.363. The standard InChI is InChI=1S/C20H32FNO3S2/c1-8-25-17(23)19(5,6)26-14-13-20(7,22-27(24)18(2,3)4)15-11-9-10-12-16(15)21/h9-12,22H,8,13-14H2,1-7H3/t20-,27+/m1/s1. The van der Waals surface area contributed by atoms with Crippen LogP contribution >= 0.6 is 11.8 Å². The molecule has 7 heteroatoms. The molecular formula is C20H32FNO3S2. The van der Waals surface area contributed by atoms with Crippen LogP contribution in [0.15, 0.2) is 24.3 Å². The predicted octanol–water partition coefficient (Wildman–Crippen LogP) is 4.56. The van der Waals surface area contributed by atoms with Crippen LogP contribution in [0.4, 0.5) is 4.39 Å². The Morgan fingerprint density at radius 3 is 2.30 bits per heavy atom. The van der Waals surface area contributed by atoms with E-state index < -0.39 is 26.0 Å². The van der Waals surface area contributed by atoms with Crippen LogP contribution in [-0.2, 0) is 26.1 Å². The fourth-order valence-electron chi connectivity index (χ4n) is 2.38. The Morgan fingerprint density at radius 1 is 1.19 bits per heavy atom. The second kappa shape index (κ2) is 9.52. The molecule has 1 N–H and O–H groups in total. The Kier molecular flexibility index (Phi) is 8.51. The van der Waals surface area contributed by atoms with E-state index in [2.05, 4.69) is 4.72 Å². The number of hydrogen-bond donors (Lipinski definition) is 1. The normalized spacial score (nSPS) is 15.9. The molecule has 0 aliphatic rings. The molecule has 1 aromatic carbocycles. The third kappa shape index (κ3) is 6.88. The smallest absolute Gasteiger partial charge is 0.321 e. The average Bonchev–Trinajstić information content (AvgIpc) is 2.54. The summed E-state index contributed by atoms with van der Waals surface area (Å²) in [4.78, 5) is 12.1. The van der Waals surface area contributed by atoms with Crippen LogP contribution < -0.4 is 4.72 Å². The van der Waals surface area contributed by atoms with Gasteiger partial charge in [-0.15, -0.1) is 11.8 Å². The third-order valence-electron chi connectivity index (χ3n) is 4.17. The zero-order valence-electron chi connectivity index (χ0n) is 17.3. The third-order valence-corrected chi connectivity index (χ3v) is 7.22. The molecule has 0 saturated carbocycles. The molecule has 2 atom stereocenters. The number of ether oxygens (including phenoxy) is 1. The monoisotopic (exact) mass is 417 g/mol. The van der Waals surface area contributed by atoms with Crippen LogP contribution in [0.25, 0.3) is 0 Å². The van der Waals surface area contributed by atoms with Gasteiger partial charge in [0.15, 0.2) is 0 Å². The summed E-state index contributed by atoms with van der Waals surface area (Å²) in [6.07, 6.45) is 0.503. The molecule has 0 aromatic heterocycles. The van der Waals surface area contributed by atoms with Gasteiger partial charge in [-0.05, 0) is 66.7 Å². The van der Waals surface area contributed by atoms with Gasteiger partial charge in [0.2, 0.25) is 0 Å². The van der Waals surface area contributed by atoms with Crippen molar-refractivity contribution < 1.29 is 18.1 Å². The number of esters is 1. The number of nitrogens with one attached hydrogen (secondary N) is 1. The quantitative estimate of drug-likeness (QED) is 0.599. The van der Waals surface area contributed by atoms with Crippen molar-refractivity contribution in [2.24, 2.45) is 0 Å². The summed E-state index contributed by atoms with van der Waals surface area (Å²) < 4.78 is 34.3. The maximum Gasteiger partial charge on any atom is 0.321 e. The van der Waals surface area contributed by atoms with Crippen LogP contribution in [0.3, 0.4) is 0 Å². The zero-order chi connectivity index (χ0) is 20.9. The van der Waals surface area contributed by atoms with Gasteiger partial charge in [0.1, 0.15) is 10.6 Å². The molecule has 0 amide bonds. The van der Waals surface area contributed by atoms with Gasteiger partial charge in [-0.25, -0.2) is 13.3 Å². The van der Waals surface area contributed by atoms with E-state index in [0.717, 1.165) is 0 Å². The van der Waals surface area contributed by atoms with Crippen LogP contribution in [-0.4, -0.2) is 32.0 Å². The lowest BCUT2D eigenvalue weighted by Crippen LogP contribution is -2.47. The van der Waals surface area contributed by atoms with Crippen molar-refractivity contribution in [3.63, 3.8) is 0 Å². The number of rotatable bonds is 9. The number of carbonyl (C=O) groups excluding carboxylic acids is 1. The van der Waals surface area contributed by atoms with E-state index in [4.69, 9.17) is 4.74 Å². The first kappa shape index (κ1) is 24.1. The molecule has 0 fully saturated rings. The highest BCUT2D eigenvalue weighted by molar-refractivity contribution is 8.01. The van der Waals surface area contributed by atoms with Crippen LogP contribution in [0.5, 0.6) is 0 Å². The molecule has 0 aliphatic heterocycles. The van der Waals surface area contributed by atoms with Crippen molar-refractivity contribution in [1.29, 1.82) is 0 Å². The van der Waals surface area contributed by atoms with Gasteiger partial charge in [0, 0.05) is 5.56 Å². The van der Waals surface area contributed by atoms with E-state index >= 15 is 0 Å². The van der Waals surface area contributed by atoms with Crippen LogP contribution in [0, 0.1) is 5.82 Å². The summed E-state index contributed by atoms with van der Waals surface area (Å²) in [7, 11) is -1.37. The Balaban J connectivity index is 3.01. The molecule has 0 spiro atoms. The van der Waals surface area contributed by atoms with Crippen LogP contribution in [0.2, 0.25) is 0 Å². The van der Waals surface area contributed by atoms with Gasteiger partial charge in [-0.2, -0.15) is 0 Å². The van der Waals surface area contributed by atoms with Crippen molar-refractivity contribution in [3.8, 4) is 0 Å². The Hall–Kier alpha value is -0.920. The van der Waals surface area contributed by atoms with Gasteiger partial charge in [-0.1, -0.05) is 18.2 Å². The zero-order valence-corrected chi connectivity index (χ0v) is 19.0. The summed E-state index contributed by atoms with van der Waals surface area (Å²) in [6.45, 7) is 13.2. The second-order valence-electron chi connectivity index (χ2n) is 8.12. The fraction of sp³-hybridized carbons (Fsp3) is 0.650. The molecule has 0 radical (unpaired) electrons. The van der Waals surface area contributed by atoms with Crippen molar-refractivity contribution in [3.05, 3.63) is 35.6 Å². The Bertz CT molecular complexity index is 673. The average molecular weight is 418 g/mol. The van der Waals surface area contributed by atoms with E-state index in [9.17, 15) is 13.4 Å². The summed E-state index contributed by atoms with van der Waals surface area (Å²) in [5, 5.41) is 0. The molecule has 0 saturated heterocycles. The highest BCUT2D eigenvalue weighted by Crippen LogP contribution is 2.34. The lowest BCUT2D eigenvalue weighted by atomic mass is 9.90. The molecule has 0 aliphatic carbocycles. The van der Waals surface area contributed by atoms with Gasteiger partial charge < -0.3 is 4.74 Å². The predicted molar refractivity (Wildman–Crippen MR) is 113 cm³/mol. The number of carbonyl (C=O) groups is 1. The molecule has 1 rings (SSSR count). The van der Waals surface area contributed by atoms with Gasteiger partial charge in [-0.3, -0.25) is 4.79 Å². The molecular weight excluding hydrogens is 385 g/mol. The van der Waals surface area contributed by atoms with E-state index in [1.165, 1.54) is 17.8 Å². The molecule has 4 nitrogen and oxygen atoms in total. The van der Waals surface area contributed by atoms with E-state index in [0.29, 0.717) is 24.3 Å². The largest absolute Gasteiger partial charge is 0.465 e. The maximum atomic E-state index is 14.5. The minimum absolute atomic E-state index is 0.270. The van der Waals surface area contributed by atoms with Gasteiger partial charge in [0.25, 0.3) is 0 Å². The molecule has 0 heterocycles. The number of hydrogen-bond acceptors (Lipinski definition) is 4. The van der Waals surface area contributed by atoms with Crippen molar-refractivity contribution in [2.75, 3.05) is 12.4 Å². The Labute approximate surface area is 169 Å². The summed E-state index contributed by atoms with van der Waals surface area (Å²) in [5.74, 6) is -0.0350.